The van der Waals surface area contributed by atoms with E-state index < -0.39 is 0 Å². The Labute approximate surface area is 76.2 Å². The van der Waals surface area contributed by atoms with Gasteiger partial charge in [-0.05, 0) is 23.8 Å². The summed E-state index contributed by atoms with van der Waals surface area (Å²) >= 11 is 0. The molecule has 0 amide bonds. The van der Waals surface area contributed by atoms with Crippen LogP contribution in [0.15, 0.2) is 18.2 Å². The molecule has 1 aromatic rings. The largest absolute Gasteiger partial charge is 0.497 e. The Bertz CT molecular complexity index is 299. The van der Waals surface area contributed by atoms with Gasteiger partial charge in [-0.1, -0.05) is 0 Å². The number of nitrogens with two attached hydrogens (primary N) is 1. The van der Waals surface area contributed by atoms with Gasteiger partial charge in [-0.15, -0.1) is 0 Å². The highest BCUT2D eigenvalue weighted by atomic mass is 16.6. The van der Waals surface area contributed by atoms with E-state index in [1.807, 2.05) is 0 Å². The number of carbonyl (C=O) groups excluding carboxylic acids is 1. The van der Waals surface area contributed by atoms with E-state index in [1.165, 1.54) is 0 Å². The van der Waals surface area contributed by atoms with Crippen LogP contribution in [-0.4, -0.2) is 13.4 Å². The van der Waals surface area contributed by atoms with Crippen molar-refractivity contribution >= 4 is 6.29 Å². The molecule has 70 valence electrons. The highest BCUT2D eigenvalue weighted by Crippen LogP contribution is 2.16. The molecule has 2 N–H and O–H groups in total. The molecule has 1 rings (SSSR count). The molecular formula is C9H11NO3. The zero-order valence-corrected chi connectivity index (χ0v) is 7.32. The third kappa shape index (κ3) is 2.27. The second-order valence-corrected chi connectivity index (χ2v) is 2.49. The average molecular weight is 181 g/mol. The molecule has 0 saturated carbocycles. The first kappa shape index (κ1) is 9.70. The first-order valence-electron chi connectivity index (χ1n) is 3.75. The van der Waals surface area contributed by atoms with E-state index in [9.17, 15) is 4.79 Å². The molecular weight excluding hydrogens is 170 g/mol. The summed E-state index contributed by atoms with van der Waals surface area (Å²) in [6.45, 7) is 0.200. The predicted octanol–water partition coefficient (Wildman–Crippen LogP) is 0.898. The number of methoxy groups -OCH3 is 1. The van der Waals surface area contributed by atoms with Crippen molar-refractivity contribution in [2.24, 2.45) is 5.90 Å². The summed E-state index contributed by atoms with van der Waals surface area (Å²) in [7, 11) is 1.56. The van der Waals surface area contributed by atoms with Crippen molar-refractivity contribution in [3.63, 3.8) is 0 Å². The maximum absolute atomic E-state index is 10.6. The molecule has 0 heterocycles. The minimum atomic E-state index is 0.200. The SMILES string of the molecule is COc1ccc(C=O)c(CON)c1. The number of aldehydes is 1. The lowest BCUT2D eigenvalue weighted by molar-refractivity contribution is 0.110. The second kappa shape index (κ2) is 4.59. The summed E-state index contributed by atoms with van der Waals surface area (Å²) in [5, 5.41) is 0. The van der Waals surface area contributed by atoms with Gasteiger partial charge in [0.2, 0.25) is 0 Å². The van der Waals surface area contributed by atoms with E-state index in [0.717, 1.165) is 11.8 Å². The van der Waals surface area contributed by atoms with Gasteiger partial charge >= 0.3 is 0 Å². The van der Waals surface area contributed by atoms with Gasteiger partial charge in [0.05, 0.1) is 13.7 Å². The van der Waals surface area contributed by atoms with Crippen LogP contribution in [0.4, 0.5) is 0 Å². The highest BCUT2D eigenvalue weighted by molar-refractivity contribution is 5.77. The molecule has 1 aromatic carbocycles. The maximum atomic E-state index is 10.6. The third-order valence-corrected chi connectivity index (χ3v) is 1.72. The second-order valence-electron chi connectivity index (χ2n) is 2.49. The summed E-state index contributed by atoms with van der Waals surface area (Å²) in [6, 6.07) is 5.10. The monoisotopic (exact) mass is 181 g/mol. The van der Waals surface area contributed by atoms with Gasteiger partial charge in [0.15, 0.2) is 0 Å². The summed E-state index contributed by atoms with van der Waals surface area (Å²) in [5.74, 6) is 5.60. The van der Waals surface area contributed by atoms with Crippen LogP contribution in [0.5, 0.6) is 5.75 Å². The number of benzene rings is 1. The zero-order chi connectivity index (χ0) is 9.68. The number of hydrogen-bond donors (Lipinski definition) is 1. The van der Waals surface area contributed by atoms with E-state index >= 15 is 0 Å². The van der Waals surface area contributed by atoms with Crippen LogP contribution < -0.4 is 10.6 Å². The quantitative estimate of drug-likeness (QED) is 0.553. The van der Waals surface area contributed by atoms with Crippen LogP contribution in [-0.2, 0) is 11.4 Å². The van der Waals surface area contributed by atoms with Crippen molar-refractivity contribution in [2.45, 2.75) is 6.61 Å². The van der Waals surface area contributed by atoms with Gasteiger partial charge in [0.25, 0.3) is 0 Å². The van der Waals surface area contributed by atoms with E-state index in [1.54, 1.807) is 25.3 Å². The maximum Gasteiger partial charge on any atom is 0.150 e. The molecule has 4 nitrogen and oxygen atoms in total. The van der Waals surface area contributed by atoms with E-state index in [4.69, 9.17) is 10.6 Å². The molecule has 0 spiro atoms. The minimum absolute atomic E-state index is 0.200. The molecule has 0 bridgehead atoms. The summed E-state index contributed by atoms with van der Waals surface area (Å²) in [5.41, 5.74) is 1.28. The Balaban J connectivity index is 3.02. The Morgan fingerprint density at radius 2 is 2.31 bits per heavy atom. The minimum Gasteiger partial charge on any atom is -0.497 e. The van der Waals surface area contributed by atoms with Gasteiger partial charge in [0.1, 0.15) is 12.0 Å². The van der Waals surface area contributed by atoms with Crippen LogP contribution >= 0.6 is 0 Å². The highest BCUT2D eigenvalue weighted by Gasteiger charge is 2.02. The van der Waals surface area contributed by atoms with E-state index in [2.05, 4.69) is 4.84 Å². The van der Waals surface area contributed by atoms with E-state index in [0.29, 0.717) is 11.3 Å². The Morgan fingerprint density at radius 3 is 2.85 bits per heavy atom. The number of carbonyl (C=O) groups is 1. The molecule has 0 aliphatic rings. The fraction of sp³-hybridized carbons (Fsp3) is 0.222. The molecule has 0 saturated heterocycles. The number of ether oxygens (including phenoxy) is 1. The molecule has 4 heteroatoms. The predicted molar refractivity (Wildman–Crippen MR) is 47.4 cm³/mol. The fourth-order valence-corrected chi connectivity index (χ4v) is 1.04. The van der Waals surface area contributed by atoms with Crippen molar-refractivity contribution in [3.05, 3.63) is 29.3 Å². The van der Waals surface area contributed by atoms with Crippen molar-refractivity contribution in [1.82, 2.24) is 0 Å². The van der Waals surface area contributed by atoms with Crippen molar-refractivity contribution in [2.75, 3.05) is 7.11 Å². The van der Waals surface area contributed by atoms with Crippen LogP contribution in [0.25, 0.3) is 0 Å². The van der Waals surface area contributed by atoms with E-state index in [-0.39, 0.29) is 6.61 Å². The topological polar surface area (TPSA) is 61.5 Å². The van der Waals surface area contributed by atoms with Crippen molar-refractivity contribution in [1.29, 1.82) is 0 Å². The molecule has 0 aliphatic carbocycles. The van der Waals surface area contributed by atoms with Crippen molar-refractivity contribution in [3.8, 4) is 5.75 Å². The van der Waals surface area contributed by atoms with Gasteiger partial charge < -0.3 is 4.74 Å². The first-order chi connectivity index (χ1) is 6.31. The van der Waals surface area contributed by atoms with Crippen LogP contribution in [0.2, 0.25) is 0 Å². The molecule has 0 aromatic heterocycles. The number of rotatable bonds is 4. The van der Waals surface area contributed by atoms with Gasteiger partial charge in [-0.25, -0.2) is 5.90 Å². The lowest BCUT2D eigenvalue weighted by atomic mass is 10.1. The molecule has 0 radical (unpaired) electrons. The lowest BCUT2D eigenvalue weighted by Gasteiger charge is -2.05. The molecule has 0 aliphatic heterocycles. The van der Waals surface area contributed by atoms with Gasteiger partial charge in [0, 0.05) is 5.56 Å². The van der Waals surface area contributed by atoms with Crippen molar-refractivity contribution < 1.29 is 14.4 Å². The smallest absolute Gasteiger partial charge is 0.150 e. The Morgan fingerprint density at radius 1 is 1.54 bits per heavy atom. The number of hydrogen-bond acceptors (Lipinski definition) is 4. The van der Waals surface area contributed by atoms with Crippen LogP contribution in [0.3, 0.4) is 0 Å². The standard InChI is InChI=1S/C9H11NO3/c1-12-9-3-2-7(5-11)8(4-9)6-13-10/h2-5H,6,10H2,1H3. The Hall–Kier alpha value is -1.39. The lowest BCUT2D eigenvalue weighted by Crippen LogP contribution is -2.02. The summed E-state index contributed by atoms with van der Waals surface area (Å²) < 4.78 is 4.99. The summed E-state index contributed by atoms with van der Waals surface area (Å²) in [4.78, 5) is 15.0. The van der Waals surface area contributed by atoms with Gasteiger partial charge in [-0.3, -0.25) is 9.63 Å². The first-order valence-corrected chi connectivity index (χ1v) is 3.75. The molecule has 0 unspecified atom stereocenters. The van der Waals surface area contributed by atoms with Crippen LogP contribution in [0.1, 0.15) is 15.9 Å². The average Bonchev–Trinajstić information content (AvgIpc) is 2.18. The van der Waals surface area contributed by atoms with Crippen LogP contribution in [0, 0.1) is 0 Å². The zero-order valence-electron chi connectivity index (χ0n) is 7.32. The summed E-state index contributed by atoms with van der Waals surface area (Å²) in [6.07, 6.45) is 0.758. The molecule has 13 heavy (non-hydrogen) atoms. The third-order valence-electron chi connectivity index (χ3n) is 1.72. The fourth-order valence-electron chi connectivity index (χ4n) is 1.04. The van der Waals surface area contributed by atoms with Gasteiger partial charge in [-0.2, -0.15) is 0 Å². The molecule has 0 fully saturated rings. The Kier molecular flexibility index (Phi) is 3.42. The normalized spacial score (nSPS) is 9.69. The molecule has 0 atom stereocenters.